The normalized spacial score (nSPS) is 10.8. The third-order valence-corrected chi connectivity index (χ3v) is 5.41. The topological polar surface area (TPSA) is 86.1 Å². The van der Waals surface area contributed by atoms with E-state index >= 15 is 0 Å². The summed E-state index contributed by atoms with van der Waals surface area (Å²) in [7, 11) is 0. The lowest BCUT2D eigenvalue weighted by Gasteiger charge is -2.08. The minimum absolute atomic E-state index is 0.0295. The van der Waals surface area contributed by atoms with Crippen molar-refractivity contribution in [3.63, 3.8) is 0 Å². The molecule has 1 N–H and O–H groups in total. The van der Waals surface area contributed by atoms with Crippen LogP contribution in [0.1, 0.15) is 22.8 Å². The van der Waals surface area contributed by atoms with Crippen LogP contribution in [0, 0.1) is 0 Å². The number of amides is 1. The molecule has 0 aliphatic carbocycles. The van der Waals surface area contributed by atoms with Crippen LogP contribution in [-0.4, -0.2) is 32.8 Å². The Morgan fingerprint density at radius 3 is 2.47 bits per heavy atom. The Balaban J connectivity index is 1.78. The number of fused-ring (bicyclic) bond motifs is 1. The Morgan fingerprint density at radius 1 is 1.06 bits per heavy atom. The van der Waals surface area contributed by atoms with Gasteiger partial charge in [0.1, 0.15) is 10.9 Å². The van der Waals surface area contributed by atoms with Gasteiger partial charge in [0.2, 0.25) is 5.95 Å². The van der Waals surface area contributed by atoms with Crippen molar-refractivity contribution in [3.8, 4) is 5.75 Å². The van der Waals surface area contributed by atoms with Crippen LogP contribution in [0.25, 0.3) is 10.9 Å². The minimum atomic E-state index is -0.884. The Morgan fingerprint density at radius 2 is 1.78 bits per heavy atom. The van der Waals surface area contributed by atoms with E-state index in [1.807, 2.05) is 25.1 Å². The monoisotopic (exact) mass is 468 g/mol. The molecular weight excluding hydrogens is 451 g/mol. The molecule has 4 rings (SSSR count). The SMILES string of the molecule is CCOc1ccc2c(c1)c(C(=O)C(=O)Nc1ncccn1)c(Cl)n2Cc1ccc(Cl)cc1. The van der Waals surface area contributed by atoms with Crippen LogP contribution in [0.15, 0.2) is 60.9 Å². The molecule has 2 heterocycles. The number of ketones is 1. The fourth-order valence-electron chi connectivity index (χ4n) is 3.34. The number of hydrogen-bond donors (Lipinski definition) is 1. The molecule has 0 fully saturated rings. The van der Waals surface area contributed by atoms with E-state index in [-0.39, 0.29) is 16.7 Å². The Hall–Kier alpha value is -3.42. The van der Waals surface area contributed by atoms with Crippen molar-refractivity contribution in [2.75, 3.05) is 11.9 Å². The molecule has 0 unspecified atom stereocenters. The van der Waals surface area contributed by atoms with Crippen LogP contribution in [0.3, 0.4) is 0 Å². The predicted molar refractivity (Wildman–Crippen MR) is 124 cm³/mol. The van der Waals surface area contributed by atoms with Crippen LogP contribution in [0.2, 0.25) is 10.2 Å². The summed E-state index contributed by atoms with van der Waals surface area (Å²) in [5.41, 5.74) is 1.72. The van der Waals surface area contributed by atoms with E-state index in [2.05, 4.69) is 15.3 Å². The number of carbonyl (C=O) groups is 2. The molecule has 162 valence electrons. The number of hydrogen-bond acceptors (Lipinski definition) is 5. The highest BCUT2D eigenvalue weighted by molar-refractivity contribution is 6.51. The van der Waals surface area contributed by atoms with Crippen LogP contribution >= 0.6 is 23.2 Å². The second-order valence-corrected chi connectivity index (χ2v) is 7.64. The second kappa shape index (κ2) is 9.38. The lowest BCUT2D eigenvalue weighted by molar-refractivity contribution is -0.112. The molecule has 0 aliphatic rings. The number of carbonyl (C=O) groups excluding carboxylic acids is 2. The van der Waals surface area contributed by atoms with Crippen LogP contribution < -0.4 is 10.1 Å². The van der Waals surface area contributed by atoms with Crippen LogP contribution in [0.4, 0.5) is 5.95 Å². The summed E-state index contributed by atoms with van der Waals surface area (Å²) in [5.74, 6) is -1.08. The largest absolute Gasteiger partial charge is 0.494 e. The molecule has 2 aromatic carbocycles. The number of aromatic nitrogens is 3. The molecule has 4 aromatic rings. The van der Waals surface area contributed by atoms with E-state index in [4.69, 9.17) is 27.9 Å². The fraction of sp³-hybridized carbons (Fsp3) is 0.130. The number of nitrogens with one attached hydrogen (secondary N) is 1. The first-order valence-corrected chi connectivity index (χ1v) is 10.5. The third-order valence-electron chi connectivity index (χ3n) is 4.76. The summed E-state index contributed by atoms with van der Waals surface area (Å²) >= 11 is 12.7. The average molecular weight is 469 g/mol. The lowest BCUT2D eigenvalue weighted by Crippen LogP contribution is -2.24. The zero-order chi connectivity index (χ0) is 22.7. The average Bonchev–Trinajstić information content (AvgIpc) is 3.06. The zero-order valence-electron chi connectivity index (χ0n) is 17.0. The molecular formula is C23H18Cl2N4O3. The maximum Gasteiger partial charge on any atom is 0.299 e. The van der Waals surface area contributed by atoms with Gasteiger partial charge >= 0.3 is 0 Å². The zero-order valence-corrected chi connectivity index (χ0v) is 18.5. The first kappa shape index (κ1) is 21.8. The van der Waals surface area contributed by atoms with Crippen LogP contribution in [-0.2, 0) is 11.3 Å². The first-order valence-electron chi connectivity index (χ1n) is 9.79. The van der Waals surface area contributed by atoms with E-state index in [9.17, 15) is 9.59 Å². The van der Waals surface area contributed by atoms with Gasteiger partial charge in [-0.25, -0.2) is 9.97 Å². The van der Waals surface area contributed by atoms with Crippen molar-refractivity contribution >= 4 is 51.7 Å². The van der Waals surface area contributed by atoms with E-state index in [1.165, 1.54) is 12.4 Å². The van der Waals surface area contributed by atoms with E-state index < -0.39 is 11.7 Å². The molecule has 2 aromatic heterocycles. The molecule has 7 nitrogen and oxygen atoms in total. The maximum atomic E-state index is 13.1. The quantitative estimate of drug-likeness (QED) is 0.304. The van der Waals surface area contributed by atoms with Gasteiger partial charge in [0.25, 0.3) is 11.7 Å². The summed E-state index contributed by atoms with van der Waals surface area (Å²) in [4.78, 5) is 33.7. The molecule has 9 heteroatoms. The van der Waals surface area contributed by atoms with Crippen molar-refractivity contribution in [3.05, 3.63) is 82.2 Å². The number of benzene rings is 2. The maximum absolute atomic E-state index is 13.1. The highest BCUT2D eigenvalue weighted by atomic mass is 35.5. The molecule has 0 aliphatic heterocycles. The molecule has 32 heavy (non-hydrogen) atoms. The number of ether oxygens (including phenoxy) is 1. The number of nitrogens with zero attached hydrogens (tertiary/aromatic N) is 3. The summed E-state index contributed by atoms with van der Waals surface area (Å²) < 4.78 is 7.36. The third kappa shape index (κ3) is 4.44. The number of Topliss-reactive ketones (excluding diaryl/α,β-unsaturated/α-hetero) is 1. The van der Waals surface area contributed by atoms with Gasteiger partial charge in [0.05, 0.1) is 17.7 Å². The first-order chi connectivity index (χ1) is 15.5. The van der Waals surface area contributed by atoms with Gasteiger partial charge in [-0.15, -0.1) is 0 Å². The molecule has 0 atom stereocenters. The van der Waals surface area contributed by atoms with E-state index in [0.29, 0.717) is 34.8 Å². The van der Waals surface area contributed by atoms with Crippen molar-refractivity contribution in [2.24, 2.45) is 0 Å². The van der Waals surface area contributed by atoms with Gasteiger partial charge in [-0.3, -0.25) is 14.9 Å². The number of anilines is 1. The molecule has 0 radical (unpaired) electrons. The minimum Gasteiger partial charge on any atom is -0.494 e. The smallest absolute Gasteiger partial charge is 0.299 e. The van der Waals surface area contributed by atoms with Crippen molar-refractivity contribution < 1.29 is 14.3 Å². The molecule has 1 amide bonds. The Bertz CT molecular complexity index is 1290. The van der Waals surface area contributed by atoms with Crippen molar-refractivity contribution in [1.29, 1.82) is 0 Å². The molecule has 0 saturated heterocycles. The van der Waals surface area contributed by atoms with Gasteiger partial charge in [-0.2, -0.15) is 0 Å². The summed E-state index contributed by atoms with van der Waals surface area (Å²) in [6.45, 7) is 2.71. The molecule has 0 saturated carbocycles. The van der Waals surface area contributed by atoms with Gasteiger partial charge < -0.3 is 9.30 Å². The van der Waals surface area contributed by atoms with E-state index in [0.717, 1.165) is 5.56 Å². The Labute approximate surface area is 194 Å². The highest BCUT2D eigenvalue weighted by Crippen LogP contribution is 2.34. The number of rotatable bonds is 7. The van der Waals surface area contributed by atoms with Crippen molar-refractivity contribution in [1.82, 2.24) is 14.5 Å². The Kier molecular flexibility index (Phi) is 6.39. The van der Waals surface area contributed by atoms with E-state index in [1.54, 1.807) is 34.9 Å². The van der Waals surface area contributed by atoms with Gasteiger partial charge in [-0.05, 0) is 48.9 Å². The van der Waals surface area contributed by atoms with Gasteiger partial charge in [0.15, 0.2) is 0 Å². The van der Waals surface area contributed by atoms with Gasteiger partial charge in [0, 0.05) is 29.3 Å². The summed E-state index contributed by atoms with van der Waals surface area (Å²) in [6, 6.07) is 14.2. The number of halogens is 2. The lowest BCUT2D eigenvalue weighted by atomic mass is 10.1. The summed E-state index contributed by atoms with van der Waals surface area (Å²) in [6.07, 6.45) is 2.93. The van der Waals surface area contributed by atoms with Gasteiger partial charge in [-0.1, -0.05) is 35.3 Å². The summed E-state index contributed by atoms with van der Waals surface area (Å²) in [5, 5.41) is 3.70. The molecule has 0 bridgehead atoms. The highest BCUT2D eigenvalue weighted by Gasteiger charge is 2.27. The second-order valence-electron chi connectivity index (χ2n) is 6.85. The van der Waals surface area contributed by atoms with Crippen LogP contribution in [0.5, 0.6) is 5.75 Å². The fourth-order valence-corrected chi connectivity index (χ4v) is 3.80. The predicted octanol–water partition coefficient (Wildman–Crippen LogP) is 5.01. The van der Waals surface area contributed by atoms with Crippen molar-refractivity contribution in [2.45, 2.75) is 13.5 Å². The molecule has 0 spiro atoms. The standard InChI is InChI=1S/C23H18Cl2N4O3/c1-2-32-16-8-9-18-17(12-16)19(20(30)22(31)28-23-26-10-3-11-27-23)21(25)29(18)13-14-4-6-15(24)7-5-14/h3-12H,2,13H2,1H3,(H,26,27,28,31).